The minimum Gasteiger partial charge on any atom is -0.472 e. The Labute approximate surface area is 98.0 Å². The smallest absolute Gasteiger partial charge is 0.341 e. The number of esters is 1. The van der Waals surface area contributed by atoms with Crippen LogP contribution in [0.2, 0.25) is 0 Å². The van der Waals surface area contributed by atoms with E-state index in [-0.39, 0.29) is 6.61 Å². The van der Waals surface area contributed by atoms with Crippen LogP contribution in [0.4, 0.5) is 0 Å². The number of benzene rings is 1. The van der Waals surface area contributed by atoms with Gasteiger partial charge in [-0.05, 0) is 12.1 Å². The molecule has 0 fully saturated rings. The molecule has 2 rings (SSSR count). The molecule has 0 spiro atoms. The standard InChI is InChI=1S/C13H9NO3/c14-7-10-3-1-2-4-11(10)9-17-13(15)12-5-6-16-8-12/h1-6,8H,9H2. The van der Waals surface area contributed by atoms with Gasteiger partial charge < -0.3 is 9.15 Å². The Hall–Kier alpha value is -2.54. The normalized spacial score (nSPS) is 9.59. The van der Waals surface area contributed by atoms with E-state index in [0.717, 1.165) is 0 Å². The van der Waals surface area contributed by atoms with E-state index in [1.807, 2.05) is 6.07 Å². The molecule has 17 heavy (non-hydrogen) atoms. The van der Waals surface area contributed by atoms with Crippen LogP contribution in [-0.2, 0) is 11.3 Å². The summed E-state index contributed by atoms with van der Waals surface area (Å²) in [6, 6.07) is 10.6. The maximum Gasteiger partial charge on any atom is 0.341 e. The molecule has 0 amide bonds. The second kappa shape index (κ2) is 4.99. The summed E-state index contributed by atoms with van der Waals surface area (Å²) in [6.45, 7) is 0.0771. The third-order valence-corrected chi connectivity index (χ3v) is 2.25. The van der Waals surface area contributed by atoms with Gasteiger partial charge in [0.25, 0.3) is 0 Å². The van der Waals surface area contributed by atoms with Gasteiger partial charge in [-0.3, -0.25) is 0 Å². The van der Waals surface area contributed by atoms with Gasteiger partial charge in [-0.1, -0.05) is 18.2 Å². The first-order valence-electron chi connectivity index (χ1n) is 4.98. The predicted octanol–water partition coefficient (Wildman–Crippen LogP) is 2.51. The molecule has 0 atom stereocenters. The fourth-order valence-corrected chi connectivity index (χ4v) is 1.36. The summed E-state index contributed by atoms with van der Waals surface area (Å²) in [6.07, 6.45) is 2.72. The Balaban J connectivity index is 2.04. The van der Waals surface area contributed by atoms with Crippen molar-refractivity contribution in [2.24, 2.45) is 0 Å². The first-order chi connectivity index (χ1) is 8.31. The number of rotatable bonds is 3. The summed E-state index contributed by atoms with van der Waals surface area (Å²) in [7, 11) is 0. The topological polar surface area (TPSA) is 63.2 Å². The predicted molar refractivity (Wildman–Crippen MR) is 59.0 cm³/mol. The van der Waals surface area contributed by atoms with Crippen molar-refractivity contribution in [3.8, 4) is 6.07 Å². The molecule has 0 aliphatic rings. The van der Waals surface area contributed by atoms with E-state index < -0.39 is 5.97 Å². The van der Waals surface area contributed by atoms with Gasteiger partial charge in [0.2, 0.25) is 0 Å². The number of nitrogens with zero attached hydrogens (tertiary/aromatic N) is 1. The molecule has 1 aromatic carbocycles. The van der Waals surface area contributed by atoms with Crippen LogP contribution in [-0.4, -0.2) is 5.97 Å². The van der Waals surface area contributed by atoms with Crippen LogP contribution in [0.25, 0.3) is 0 Å². The van der Waals surface area contributed by atoms with E-state index in [2.05, 4.69) is 0 Å². The number of hydrogen-bond donors (Lipinski definition) is 0. The molecule has 1 heterocycles. The molecule has 0 bridgehead atoms. The molecule has 0 aliphatic carbocycles. The zero-order valence-corrected chi connectivity index (χ0v) is 8.92. The molecule has 4 nitrogen and oxygen atoms in total. The molecule has 0 radical (unpaired) electrons. The number of ether oxygens (including phenoxy) is 1. The van der Waals surface area contributed by atoms with E-state index in [4.69, 9.17) is 14.4 Å². The van der Waals surface area contributed by atoms with Gasteiger partial charge in [-0.25, -0.2) is 4.79 Å². The quantitative estimate of drug-likeness (QED) is 0.756. The van der Waals surface area contributed by atoms with Crippen molar-refractivity contribution in [2.45, 2.75) is 6.61 Å². The number of carbonyl (C=O) groups excluding carboxylic acids is 1. The highest BCUT2D eigenvalue weighted by atomic mass is 16.5. The Kier molecular flexibility index (Phi) is 3.22. The van der Waals surface area contributed by atoms with Gasteiger partial charge in [0.1, 0.15) is 12.9 Å². The van der Waals surface area contributed by atoms with Crippen molar-refractivity contribution in [3.05, 3.63) is 59.5 Å². The average Bonchev–Trinajstić information content (AvgIpc) is 2.90. The highest BCUT2D eigenvalue weighted by molar-refractivity contribution is 5.88. The van der Waals surface area contributed by atoms with Crippen molar-refractivity contribution in [1.82, 2.24) is 0 Å². The summed E-state index contributed by atoms with van der Waals surface area (Å²) in [5, 5.41) is 8.86. The molecule has 84 valence electrons. The number of nitriles is 1. The number of furan rings is 1. The third-order valence-electron chi connectivity index (χ3n) is 2.25. The second-order valence-corrected chi connectivity index (χ2v) is 3.36. The fraction of sp³-hybridized carbons (Fsp3) is 0.0769. The van der Waals surface area contributed by atoms with E-state index in [1.165, 1.54) is 18.6 Å². The van der Waals surface area contributed by atoms with Gasteiger partial charge in [0.05, 0.1) is 23.5 Å². The lowest BCUT2D eigenvalue weighted by Crippen LogP contribution is -2.04. The zero-order valence-electron chi connectivity index (χ0n) is 8.92. The fourth-order valence-electron chi connectivity index (χ4n) is 1.36. The molecule has 4 heteroatoms. The summed E-state index contributed by atoms with van der Waals surface area (Å²) < 4.78 is 9.84. The van der Waals surface area contributed by atoms with E-state index in [9.17, 15) is 4.79 Å². The van der Waals surface area contributed by atoms with Gasteiger partial charge in [-0.15, -0.1) is 0 Å². The van der Waals surface area contributed by atoms with Crippen molar-refractivity contribution >= 4 is 5.97 Å². The minimum absolute atomic E-state index is 0.0771. The van der Waals surface area contributed by atoms with E-state index in [1.54, 1.807) is 24.3 Å². The lowest BCUT2D eigenvalue weighted by atomic mass is 10.1. The van der Waals surface area contributed by atoms with Crippen LogP contribution in [0, 0.1) is 11.3 Å². The molecule has 0 aliphatic heterocycles. The van der Waals surface area contributed by atoms with Crippen LogP contribution in [0.3, 0.4) is 0 Å². The van der Waals surface area contributed by atoms with Crippen molar-refractivity contribution in [1.29, 1.82) is 5.26 Å². The highest BCUT2D eigenvalue weighted by Crippen LogP contribution is 2.10. The maximum absolute atomic E-state index is 11.5. The summed E-state index contributed by atoms with van der Waals surface area (Å²) in [5.74, 6) is -0.466. The number of hydrogen-bond acceptors (Lipinski definition) is 4. The summed E-state index contributed by atoms with van der Waals surface area (Å²) >= 11 is 0. The minimum atomic E-state index is -0.466. The van der Waals surface area contributed by atoms with Crippen molar-refractivity contribution in [2.75, 3.05) is 0 Å². The first kappa shape index (κ1) is 11.0. The third kappa shape index (κ3) is 2.52. The average molecular weight is 227 g/mol. The van der Waals surface area contributed by atoms with Gasteiger partial charge in [-0.2, -0.15) is 5.26 Å². The lowest BCUT2D eigenvalue weighted by molar-refractivity contribution is 0.0471. The molecule has 2 aromatic rings. The van der Waals surface area contributed by atoms with Crippen LogP contribution < -0.4 is 0 Å². The molecule has 0 N–H and O–H groups in total. The Morgan fingerprint density at radius 3 is 2.88 bits per heavy atom. The molecule has 0 saturated heterocycles. The molecular formula is C13H9NO3. The van der Waals surface area contributed by atoms with Crippen LogP contribution >= 0.6 is 0 Å². The summed E-state index contributed by atoms with van der Waals surface area (Å²) in [4.78, 5) is 11.5. The zero-order chi connectivity index (χ0) is 12.1. The van der Waals surface area contributed by atoms with E-state index in [0.29, 0.717) is 16.7 Å². The van der Waals surface area contributed by atoms with Crippen LogP contribution in [0.5, 0.6) is 0 Å². The highest BCUT2D eigenvalue weighted by Gasteiger charge is 2.09. The Morgan fingerprint density at radius 1 is 1.35 bits per heavy atom. The van der Waals surface area contributed by atoms with Crippen molar-refractivity contribution in [3.63, 3.8) is 0 Å². The van der Waals surface area contributed by atoms with Gasteiger partial charge in [0, 0.05) is 5.56 Å². The van der Waals surface area contributed by atoms with Crippen LogP contribution in [0.15, 0.2) is 47.3 Å². The Bertz CT molecular complexity index is 552. The molecule has 0 unspecified atom stereocenters. The molecular weight excluding hydrogens is 218 g/mol. The lowest BCUT2D eigenvalue weighted by Gasteiger charge is -2.04. The van der Waals surface area contributed by atoms with Gasteiger partial charge >= 0.3 is 5.97 Å². The largest absolute Gasteiger partial charge is 0.472 e. The monoisotopic (exact) mass is 227 g/mol. The van der Waals surface area contributed by atoms with Gasteiger partial charge in [0.15, 0.2) is 0 Å². The second-order valence-electron chi connectivity index (χ2n) is 3.36. The molecule has 1 aromatic heterocycles. The molecule has 0 saturated carbocycles. The van der Waals surface area contributed by atoms with Crippen LogP contribution in [0.1, 0.15) is 21.5 Å². The van der Waals surface area contributed by atoms with E-state index >= 15 is 0 Å². The Morgan fingerprint density at radius 2 is 2.18 bits per heavy atom. The SMILES string of the molecule is N#Cc1ccccc1COC(=O)c1ccoc1. The van der Waals surface area contributed by atoms with Crippen molar-refractivity contribution < 1.29 is 13.9 Å². The summed E-state index contributed by atoms with van der Waals surface area (Å²) in [5.41, 5.74) is 1.55. The first-order valence-corrected chi connectivity index (χ1v) is 4.98. The maximum atomic E-state index is 11.5. The number of carbonyl (C=O) groups is 1.